The highest BCUT2D eigenvalue weighted by Gasteiger charge is 2.19. The average molecular weight is 853 g/mol. The Morgan fingerprint density at radius 3 is 1.05 bits per heavy atom. The predicted molar refractivity (Wildman–Crippen MR) is 261 cm³/mol. The Morgan fingerprint density at radius 2 is 0.639 bits per heavy atom. The molecule has 352 valence electrons. The molecule has 0 saturated carbocycles. The van der Waals surface area contributed by atoms with Gasteiger partial charge in [0.05, 0.1) is 0 Å². The zero-order valence-corrected chi connectivity index (χ0v) is 40.2. The molecule has 0 aromatic heterocycles. The van der Waals surface area contributed by atoms with Crippen molar-refractivity contribution >= 4 is 17.9 Å². The van der Waals surface area contributed by atoms with Gasteiger partial charge in [0.15, 0.2) is 6.10 Å². The summed E-state index contributed by atoms with van der Waals surface area (Å²) in [6, 6.07) is 0. The fraction of sp³-hybridized carbons (Fsp3) is 0.764. The molecule has 6 heteroatoms. The Hall–Kier alpha value is -2.89. The standard InChI is InChI=1S/C55H96O6/c1-4-7-10-13-16-19-22-25-28-31-33-36-39-42-45-48-54(57)60-51-52(61-55(58)49-46-43-40-37-34-30-27-24-21-18-15-12-9-6-3)50-59-53(56)47-44-41-38-35-32-29-26-23-20-17-14-11-8-5-2/h9,12,18-19,21-22,27,29-30,32,52H,4-8,10-11,13-17,20,23-26,28,31,33-51H2,1-3H3/b12-9-,21-18-,22-19-,30-27-,32-29-. The largest absolute Gasteiger partial charge is 0.462 e. The minimum absolute atomic E-state index is 0.0901. The Kier molecular flexibility index (Phi) is 47.4. The van der Waals surface area contributed by atoms with Gasteiger partial charge >= 0.3 is 17.9 Å². The molecular formula is C55H96O6. The van der Waals surface area contributed by atoms with E-state index in [4.69, 9.17) is 14.2 Å². The van der Waals surface area contributed by atoms with Gasteiger partial charge in [0.1, 0.15) is 13.2 Å². The first-order valence-electron chi connectivity index (χ1n) is 25.8. The molecule has 0 heterocycles. The summed E-state index contributed by atoms with van der Waals surface area (Å²) in [4.78, 5) is 37.9. The lowest BCUT2D eigenvalue weighted by atomic mass is 10.1. The average Bonchev–Trinajstić information content (AvgIpc) is 3.26. The lowest BCUT2D eigenvalue weighted by Crippen LogP contribution is -2.30. The van der Waals surface area contributed by atoms with Gasteiger partial charge in [0, 0.05) is 19.3 Å². The van der Waals surface area contributed by atoms with E-state index in [9.17, 15) is 14.4 Å². The molecule has 1 atom stereocenters. The molecule has 61 heavy (non-hydrogen) atoms. The van der Waals surface area contributed by atoms with Crippen LogP contribution in [0.15, 0.2) is 60.8 Å². The van der Waals surface area contributed by atoms with Crippen LogP contribution in [0.5, 0.6) is 0 Å². The Balaban J connectivity index is 4.43. The third kappa shape index (κ3) is 48.0. The molecule has 0 radical (unpaired) electrons. The van der Waals surface area contributed by atoms with Gasteiger partial charge in [0.2, 0.25) is 0 Å². The highest BCUT2D eigenvalue weighted by atomic mass is 16.6. The number of rotatable bonds is 46. The van der Waals surface area contributed by atoms with Crippen LogP contribution >= 0.6 is 0 Å². The van der Waals surface area contributed by atoms with Gasteiger partial charge in [-0.05, 0) is 103 Å². The highest BCUT2D eigenvalue weighted by Crippen LogP contribution is 2.14. The summed E-state index contributed by atoms with van der Waals surface area (Å²) in [7, 11) is 0. The number of ether oxygens (including phenoxy) is 3. The first-order valence-corrected chi connectivity index (χ1v) is 25.8. The molecule has 0 amide bonds. The highest BCUT2D eigenvalue weighted by molar-refractivity contribution is 5.71. The summed E-state index contributed by atoms with van der Waals surface area (Å²) in [6.07, 6.45) is 60.6. The second-order valence-electron chi connectivity index (χ2n) is 17.0. The van der Waals surface area contributed by atoms with E-state index in [0.717, 1.165) is 103 Å². The molecule has 0 aliphatic rings. The van der Waals surface area contributed by atoms with Gasteiger partial charge in [-0.1, -0.05) is 191 Å². The molecule has 0 fully saturated rings. The summed E-state index contributed by atoms with van der Waals surface area (Å²) in [5.41, 5.74) is 0. The maximum Gasteiger partial charge on any atom is 0.306 e. The van der Waals surface area contributed by atoms with Gasteiger partial charge in [0.25, 0.3) is 0 Å². The summed E-state index contributed by atoms with van der Waals surface area (Å²) < 4.78 is 16.8. The molecule has 0 aromatic carbocycles. The van der Waals surface area contributed by atoms with E-state index in [0.29, 0.717) is 19.3 Å². The predicted octanol–water partition coefficient (Wildman–Crippen LogP) is 16.9. The normalized spacial score (nSPS) is 12.5. The summed E-state index contributed by atoms with van der Waals surface area (Å²) in [6.45, 7) is 6.48. The maximum atomic E-state index is 12.8. The van der Waals surface area contributed by atoms with Crippen LogP contribution in [0, 0.1) is 0 Å². The van der Waals surface area contributed by atoms with Crippen LogP contribution in [0.2, 0.25) is 0 Å². The summed E-state index contributed by atoms with van der Waals surface area (Å²) >= 11 is 0. The van der Waals surface area contributed by atoms with E-state index < -0.39 is 6.10 Å². The van der Waals surface area contributed by atoms with Crippen molar-refractivity contribution in [3.8, 4) is 0 Å². The van der Waals surface area contributed by atoms with Crippen molar-refractivity contribution in [1.82, 2.24) is 0 Å². The lowest BCUT2D eigenvalue weighted by Gasteiger charge is -2.18. The smallest absolute Gasteiger partial charge is 0.306 e. The maximum absolute atomic E-state index is 12.8. The zero-order chi connectivity index (χ0) is 44.4. The van der Waals surface area contributed by atoms with E-state index in [1.165, 1.54) is 109 Å². The van der Waals surface area contributed by atoms with Crippen LogP contribution in [0.4, 0.5) is 0 Å². The number of allylic oxidation sites excluding steroid dienone is 10. The van der Waals surface area contributed by atoms with Crippen LogP contribution in [-0.2, 0) is 28.6 Å². The van der Waals surface area contributed by atoms with Crippen LogP contribution in [0.25, 0.3) is 0 Å². The van der Waals surface area contributed by atoms with Crippen molar-refractivity contribution in [2.24, 2.45) is 0 Å². The molecule has 0 bridgehead atoms. The van der Waals surface area contributed by atoms with Gasteiger partial charge in [-0.3, -0.25) is 14.4 Å². The monoisotopic (exact) mass is 853 g/mol. The molecule has 1 unspecified atom stereocenters. The third-order valence-corrected chi connectivity index (χ3v) is 11.0. The number of unbranched alkanes of at least 4 members (excludes halogenated alkanes) is 25. The van der Waals surface area contributed by atoms with Crippen LogP contribution in [-0.4, -0.2) is 37.2 Å². The molecule has 0 N–H and O–H groups in total. The molecular weight excluding hydrogens is 757 g/mol. The first kappa shape index (κ1) is 58.1. The van der Waals surface area contributed by atoms with Crippen molar-refractivity contribution in [2.75, 3.05) is 13.2 Å². The first-order chi connectivity index (χ1) is 30.0. The molecule has 0 rings (SSSR count). The van der Waals surface area contributed by atoms with Gasteiger partial charge < -0.3 is 14.2 Å². The number of hydrogen-bond acceptors (Lipinski definition) is 6. The van der Waals surface area contributed by atoms with E-state index in [-0.39, 0.29) is 31.1 Å². The fourth-order valence-electron chi connectivity index (χ4n) is 7.09. The Labute approximate surface area is 377 Å². The van der Waals surface area contributed by atoms with Crippen molar-refractivity contribution in [2.45, 2.75) is 258 Å². The lowest BCUT2D eigenvalue weighted by molar-refractivity contribution is -0.167. The Morgan fingerprint density at radius 1 is 0.344 bits per heavy atom. The fourth-order valence-corrected chi connectivity index (χ4v) is 7.09. The van der Waals surface area contributed by atoms with Crippen LogP contribution in [0.1, 0.15) is 252 Å². The quantitative estimate of drug-likeness (QED) is 0.0263. The zero-order valence-electron chi connectivity index (χ0n) is 40.2. The van der Waals surface area contributed by atoms with E-state index in [2.05, 4.69) is 81.5 Å². The molecule has 0 aliphatic carbocycles. The minimum Gasteiger partial charge on any atom is -0.462 e. The second-order valence-corrected chi connectivity index (χ2v) is 17.0. The van der Waals surface area contributed by atoms with Crippen molar-refractivity contribution < 1.29 is 28.6 Å². The number of esters is 3. The minimum atomic E-state index is -0.792. The van der Waals surface area contributed by atoms with Crippen LogP contribution < -0.4 is 0 Å². The van der Waals surface area contributed by atoms with Crippen molar-refractivity contribution in [3.05, 3.63) is 60.8 Å². The number of carbonyl (C=O) groups is 3. The Bertz CT molecular complexity index is 1120. The van der Waals surface area contributed by atoms with Gasteiger partial charge in [-0.25, -0.2) is 0 Å². The number of hydrogen-bond donors (Lipinski definition) is 0. The molecule has 0 spiro atoms. The van der Waals surface area contributed by atoms with E-state index in [1.807, 2.05) is 0 Å². The molecule has 6 nitrogen and oxygen atoms in total. The van der Waals surface area contributed by atoms with Gasteiger partial charge in [-0.15, -0.1) is 0 Å². The number of carbonyl (C=O) groups excluding carboxylic acids is 3. The molecule has 0 aliphatic heterocycles. The molecule has 0 aromatic rings. The SMILES string of the molecule is CC/C=C\C/C=C\C/C=C\CCCCCCC(=O)OC(COC(=O)CCCCC/C=C\CCCCCCCCC)COC(=O)CCCCCCCCC/C=C\CCCCCC. The van der Waals surface area contributed by atoms with Crippen LogP contribution in [0.3, 0.4) is 0 Å². The van der Waals surface area contributed by atoms with E-state index in [1.54, 1.807) is 0 Å². The molecule has 0 saturated heterocycles. The second kappa shape index (κ2) is 49.8. The van der Waals surface area contributed by atoms with Gasteiger partial charge in [-0.2, -0.15) is 0 Å². The summed E-state index contributed by atoms with van der Waals surface area (Å²) in [5.74, 6) is -0.930. The summed E-state index contributed by atoms with van der Waals surface area (Å²) in [5, 5.41) is 0. The third-order valence-electron chi connectivity index (χ3n) is 11.0. The topological polar surface area (TPSA) is 78.9 Å². The van der Waals surface area contributed by atoms with Crippen molar-refractivity contribution in [3.63, 3.8) is 0 Å². The van der Waals surface area contributed by atoms with Crippen molar-refractivity contribution in [1.29, 1.82) is 0 Å². The van der Waals surface area contributed by atoms with E-state index >= 15 is 0 Å².